The number of hydrogen-bond acceptors (Lipinski definition) is 38. The van der Waals surface area contributed by atoms with E-state index in [2.05, 4.69) is 60.1 Å². The first-order chi connectivity index (χ1) is 68.8. The molecule has 145 heavy (non-hydrogen) atoms. The lowest BCUT2D eigenvalue weighted by Crippen LogP contribution is -2.45. The van der Waals surface area contributed by atoms with E-state index >= 15 is 0 Å². The van der Waals surface area contributed by atoms with Crippen LogP contribution in [0.15, 0.2) is 212 Å². The van der Waals surface area contributed by atoms with Gasteiger partial charge in [-0.3, -0.25) is 51.4 Å². The molecule has 3 aliphatic heterocycles. The van der Waals surface area contributed by atoms with Crippen molar-refractivity contribution in [1.82, 2.24) is 73.8 Å². The molecular weight excluding hydrogens is 1940 g/mol. The zero-order valence-electron chi connectivity index (χ0n) is 81.4. The van der Waals surface area contributed by atoms with Gasteiger partial charge in [-0.15, -0.1) is 0 Å². The zero-order chi connectivity index (χ0) is 104. The molecule has 14 aromatic rings. The normalized spacial score (nSPS) is 23.3. The van der Waals surface area contributed by atoms with Gasteiger partial charge in [-0.05, 0) is 105 Å². The van der Waals surface area contributed by atoms with E-state index in [-0.39, 0.29) is 98.3 Å². The highest BCUT2D eigenvalue weighted by Gasteiger charge is 2.58. The van der Waals surface area contributed by atoms with Crippen LogP contribution >= 0.6 is 23.2 Å². The van der Waals surface area contributed by atoms with Crippen molar-refractivity contribution < 1.29 is 124 Å². The zero-order valence-corrected chi connectivity index (χ0v) is 84.1. The molecule has 9 heterocycles. The van der Waals surface area contributed by atoms with E-state index in [1.807, 2.05) is 142 Å². The average Bonchev–Trinajstić information content (AvgIpc) is 1.60. The number of methoxy groups -OCH3 is 2. The number of carbonyl (C=O) groups excluding carboxylic acids is 3. The number of rotatable bonds is 35. The van der Waals surface area contributed by atoms with Crippen LogP contribution in [0.1, 0.15) is 125 Å². The highest BCUT2D eigenvalue weighted by Crippen LogP contribution is 2.54. The number of aromatic nitrogens is 12. The topological polar surface area (TPSA) is 618 Å². The second kappa shape index (κ2) is 43.7. The second-order valence-corrected chi connectivity index (χ2v) is 42.1. The summed E-state index contributed by atoms with van der Waals surface area (Å²) in [6.45, 7) is 18.3. The van der Waals surface area contributed by atoms with E-state index in [0.717, 1.165) is 27.3 Å². The molecule has 3 fully saturated rings. The molecule has 0 saturated carbocycles. The van der Waals surface area contributed by atoms with Crippen molar-refractivity contribution in [3.63, 3.8) is 0 Å². The number of esters is 3. The van der Waals surface area contributed by atoms with E-state index in [9.17, 15) is 63.5 Å². The minimum absolute atomic E-state index is 0.0130. The van der Waals surface area contributed by atoms with Gasteiger partial charge in [0.15, 0.2) is 52.2 Å². The molecule has 8 aromatic carbocycles. The molecule has 0 amide bonds. The van der Waals surface area contributed by atoms with Crippen LogP contribution in [0, 0.1) is 11.3 Å². The molecule has 770 valence electrons. The fraction of sp³-hybridized carbons (Fsp3) is 0.381. The largest absolute Gasteiger partial charge is 0.479 e. The Morgan fingerprint density at radius 3 is 1.12 bits per heavy atom. The minimum Gasteiger partial charge on any atom is -0.479 e. The number of nitrogens with zero attached hydrogens (tertiary/aromatic N) is 11. The summed E-state index contributed by atoms with van der Waals surface area (Å²) in [4.78, 5) is 87.4. The van der Waals surface area contributed by atoms with Gasteiger partial charge in [0.05, 0.1) is 59.6 Å². The van der Waals surface area contributed by atoms with Gasteiger partial charge in [-0.25, -0.2) is 28.6 Å². The average molecular weight is 2060 g/mol. The third-order valence-corrected chi connectivity index (χ3v) is 29.0. The monoisotopic (exact) mass is 2060 g/mol. The maximum absolute atomic E-state index is 14.6. The lowest BCUT2D eigenvalue weighted by atomic mass is 9.96. The van der Waals surface area contributed by atoms with E-state index in [1.165, 1.54) is 81.5 Å². The molecule has 45 nitrogen and oxygen atoms in total. The van der Waals surface area contributed by atoms with Crippen molar-refractivity contribution in [3.05, 3.63) is 229 Å². The number of aliphatic hydroxyl groups is 6. The number of carbonyl (C=O) groups is 3. The number of fused-ring (bicyclic) bond motifs is 6. The number of anilines is 3. The summed E-state index contributed by atoms with van der Waals surface area (Å²) in [6, 6.07) is 52.5. The SMILES string of the molecule is COc1nc(N)nc2c1ncn2C1O[C@H](COP(=O)(N[C@@H](C)C(=O)O[C@@H](C)c2ccccc2)Oc2cccc3ccccc23)[C@@H](O)[C@@]1(C)O.COc1nc(N)nc2c1ncn2C1O[C@H](COP(=O)(N[C@H](C(=O)OCC(C)(C)C)C(C)C)Oc2cccc3ccccc23)[C@@H](O)[C@@]1(C)O.C[C@H](NP(=O)(OC[C@H]1OC(n2cnc3c(=O)[nH]c(N)nc32)[C@](C)(O)[C@@H]1O)Oc1cccc2ccccc12)C(=O)O[C@@H](C)c1ccccc1. The number of nitrogens with one attached hydrogen (secondary N) is 4. The molecular formula is C97H115N18O27P3. The van der Waals surface area contributed by atoms with Crippen LogP contribution < -0.4 is 61.1 Å². The number of benzene rings is 8. The minimum atomic E-state index is -4.44. The van der Waals surface area contributed by atoms with E-state index in [4.69, 9.17) is 82.2 Å². The number of ether oxygens (including phenoxy) is 8. The number of nitrogen functional groups attached to an aromatic ring is 3. The van der Waals surface area contributed by atoms with Gasteiger partial charge >= 0.3 is 41.1 Å². The smallest absolute Gasteiger partial charge is 0.459 e. The molecule has 0 spiro atoms. The van der Waals surface area contributed by atoms with E-state index in [0.29, 0.717) is 16.2 Å². The lowest BCUT2D eigenvalue weighted by molar-refractivity contribution is -0.151. The Labute approximate surface area is 830 Å². The third-order valence-electron chi connectivity index (χ3n) is 24.2. The molecule has 0 bridgehead atoms. The van der Waals surface area contributed by atoms with Gasteiger partial charge in [0.2, 0.25) is 29.6 Å². The fourth-order valence-corrected chi connectivity index (χ4v) is 21.2. The molecule has 6 unspecified atom stereocenters. The van der Waals surface area contributed by atoms with Gasteiger partial charge in [0.1, 0.15) is 101 Å². The quantitative estimate of drug-likeness (QED) is 0.00996. The molecule has 3 aliphatic rings. The molecule has 48 heteroatoms. The van der Waals surface area contributed by atoms with E-state index in [1.54, 1.807) is 94.4 Å². The Hall–Kier alpha value is -13.1. The fourth-order valence-electron chi connectivity index (χ4n) is 16.4. The molecule has 0 aliphatic carbocycles. The summed E-state index contributed by atoms with van der Waals surface area (Å²) < 4.78 is 129. The molecule has 20 atom stereocenters. The predicted octanol–water partition coefficient (Wildman–Crippen LogP) is 11.4. The van der Waals surface area contributed by atoms with Crippen LogP contribution in [0.25, 0.3) is 65.8 Å². The summed E-state index contributed by atoms with van der Waals surface area (Å²) in [5.74, 6) is -1.92. The van der Waals surface area contributed by atoms with E-state index < -0.39 is 169 Å². The highest BCUT2D eigenvalue weighted by molar-refractivity contribution is 7.52. The van der Waals surface area contributed by atoms with Gasteiger partial charge < -0.3 is 99.3 Å². The van der Waals surface area contributed by atoms with Gasteiger partial charge in [0, 0.05) is 16.2 Å². The summed E-state index contributed by atoms with van der Waals surface area (Å²) in [6.07, 6.45) is -9.42. The van der Waals surface area contributed by atoms with Crippen molar-refractivity contribution in [1.29, 1.82) is 0 Å². The van der Waals surface area contributed by atoms with Gasteiger partial charge in [-0.1, -0.05) is 204 Å². The van der Waals surface area contributed by atoms with Crippen molar-refractivity contribution >= 4 is 125 Å². The number of hydrogen-bond donors (Lipinski definition) is 13. The Morgan fingerprint density at radius 1 is 0.455 bits per heavy atom. The molecule has 17 rings (SSSR count). The van der Waals surface area contributed by atoms with Gasteiger partial charge in [-0.2, -0.15) is 40.2 Å². The van der Waals surface area contributed by atoms with Crippen LogP contribution in [0.4, 0.5) is 17.8 Å². The number of aliphatic hydroxyl groups excluding tert-OH is 3. The molecule has 6 aromatic heterocycles. The Morgan fingerprint density at radius 2 is 0.779 bits per heavy atom. The Balaban J connectivity index is 0.000000163. The standard InChI is InChI=1S/C33H37N6O9P.C32H35N6O9P.C32H43N6O9P/c1-19(30(41)46-20(2)21-11-6-5-7-12-21)38-49(43,48-24-16-10-14-22-13-8-9-15-23(22)24)45-17-25-27(40)33(3,42)31(47-25)39-18-35-26-28(39)36-32(34)37-29(26)44-4;1-18(29(41)45-19(2)20-10-5-4-6-11-20)37-48(43,47-23-15-9-13-21-12-7-8-14-22(21)23)44-16-24-26(39)32(3,42)30(46-24)38-17-34-25-27(38)35-31(33)36-28(25)40;1-18(2)23(28(40)44-16-31(3,4)5)37-48(42,47-21-14-10-12-19-11-8-9-13-20(19)21)45-15-22-25(39)32(6,41)29(46-22)38-17-34-24-26(38)35-30(33)36-27(24)43-7/h5-16,18-20,25,27,31,40,42H,17H2,1-4H3,(H,38,43)(H2,34,36,37);4-15,17-19,24,26,30,39,42H,16H2,1-3H3,(H,37,43)(H3,33,35,36,40);8-14,17-18,22-23,25,29,39,41H,15-16H2,1-7H3,(H,37,42)(H2,33,35,36)/t19-,20-,25+,27+,31?,33+,49?;18-,19-,24+,26+,30?,32+,48?;22-,23+,25-,29?,32-,48?/m001/s1. The van der Waals surface area contributed by atoms with Crippen molar-refractivity contribution in [2.24, 2.45) is 11.3 Å². The third kappa shape index (κ3) is 23.7. The molecule has 3 saturated heterocycles. The highest BCUT2D eigenvalue weighted by atomic mass is 31.2. The molecule has 0 radical (unpaired) electrons. The maximum Gasteiger partial charge on any atom is 0.459 e. The first kappa shape index (κ1) is 106. The summed E-state index contributed by atoms with van der Waals surface area (Å²) in [5.41, 5.74) is 13.2. The van der Waals surface area contributed by atoms with Crippen molar-refractivity contribution in [3.8, 4) is 29.0 Å². The number of aromatic amines is 1. The number of nitrogens with two attached hydrogens (primary N) is 3. The van der Waals surface area contributed by atoms with Crippen LogP contribution in [0.2, 0.25) is 0 Å². The van der Waals surface area contributed by atoms with Gasteiger partial charge in [0.25, 0.3) is 5.56 Å². The van der Waals surface area contributed by atoms with Crippen LogP contribution in [-0.4, -0.2) is 219 Å². The summed E-state index contributed by atoms with van der Waals surface area (Å²) >= 11 is 0. The lowest BCUT2D eigenvalue weighted by Gasteiger charge is -2.29. The Bertz CT molecular complexity index is 7210. The second-order valence-electron chi connectivity index (χ2n) is 37.0. The molecule has 16 N–H and O–H groups in total. The van der Waals surface area contributed by atoms with Crippen molar-refractivity contribution in [2.45, 2.75) is 186 Å². The number of imidazole rings is 3. The van der Waals surface area contributed by atoms with Crippen LogP contribution in [0.3, 0.4) is 0 Å². The summed E-state index contributed by atoms with van der Waals surface area (Å²) in [7, 11) is -10.5. The van der Waals surface area contributed by atoms with Crippen molar-refractivity contribution in [2.75, 3.05) is 57.8 Å². The summed E-state index contributed by atoms with van der Waals surface area (Å²) in [5, 5.41) is 80.4. The predicted molar refractivity (Wildman–Crippen MR) is 530 cm³/mol. The first-order valence-electron chi connectivity index (χ1n) is 46.0. The van der Waals surface area contributed by atoms with Crippen LogP contribution in [0.5, 0.6) is 29.0 Å². The maximum atomic E-state index is 14.6. The van der Waals surface area contributed by atoms with Crippen LogP contribution in [-0.2, 0) is 70.1 Å². The first-order valence-corrected chi connectivity index (χ1v) is 50.7. The number of H-pyrrole nitrogens is 1. The Kier molecular flexibility index (Phi) is 32.0.